The van der Waals surface area contributed by atoms with Crippen LogP contribution < -0.4 is 10.1 Å². The van der Waals surface area contributed by atoms with Gasteiger partial charge >= 0.3 is 0 Å². The molecule has 0 bridgehead atoms. The van der Waals surface area contributed by atoms with E-state index in [1.165, 1.54) is 0 Å². The van der Waals surface area contributed by atoms with Crippen LogP contribution in [0.5, 0.6) is 5.75 Å². The molecule has 0 aliphatic rings. The smallest absolute Gasteiger partial charge is 0.142 e. The number of methoxy groups -OCH3 is 1. The lowest BCUT2D eigenvalue weighted by atomic mass is 10.3. The Morgan fingerprint density at radius 2 is 2.12 bits per heavy atom. The van der Waals surface area contributed by atoms with Crippen LogP contribution in [0, 0.1) is 0 Å². The number of anilines is 1. The number of furan rings is 1. The number of hydrogen-bond donors (Lipinski definition) is 1. The minimum absolute atomic E-state index is 0.598. The molecule has 0 spiro atoms. The summed E-state index contributed by atoms with van der Waals surface area (Å²) in [4.78, 5) is 0. The first-order valence-electron chi connectivity index (χ1n) is 5.00. The highest BCUT2D eigenvalue weighted by atomic mass is 79.9. The normalized spacial score (nSPS) is 10.3. The first-order valence-corrected chi connectivity index (χ1v) is 6.58. The zero-order valence-corrected chi connectivity index (χ0v) is 12.3. The Morgan fingerprint density at radius 3 is 2.76 bits per heavy atom. The van der Waals surface area contributed by atoms with Crippen LogP contribution in [0.25, 0.3) is 0 Å². The second kappa shape index (κ2) is 5.60. The molecule has 1 aromatic carbocycles. The molecule has 0 unspecified atom stereocenters. The van der Waals surface area contributed by atoms with E-state index in [1.54, 1.807) is 13.4 Å². The van der Waals surface area contributed by atoms with Gasteiger partial charge in [0.1, 0.15) is 11.5 Å². The summed E-state index contributed by atoms with van der Waals surface area (Å²) >= 11 is 6.85. The van der Waals surface area contributed by atoms with Crippen molar-refractivity contribution in [2.75, 3.05) is 12.4 Å². The maximum Gasteiger partial charge on any atom is 0.142 e. The van der Waals surface area contributed by atoms with Crippen molar-refractivity contribution in [2.24, 2.45) is 0 Å². The number of hydrogen-bond acceptors (Lipinski definition) is 3. The lowest BCUT2D eigenvalue weighted by Crippen LogP contribution is -2.00. The van der Waals surface area contributed by atoms with Gasteiger partial charge < -0.3 is 14.5 Å². The molecule has 0 radical (unpaired) electrons. The number of halogens is 2. The first-order chi connectivity index (χ1) is 8.20. The number of rotatable bonds is 4. The molecule has 0 amide bonds. The quantitative estimate of drug-likeness (QED) is 0.875. The van der Waals surface area contributed by atoms with E-state index in [0.29, 0.717) is 6.54 Å². The van der Waals surface area contributed by atoms with Gasteiger partial charge in [0.2, 0.25) is 0 Å². The SMILES string of the molecule is COc1ccc(Br)cc1NCc1occc1Br. The monoisotopic (exact) mass is 359 g/mol. The molecule has 3 nitrogen and oxygen atoms in total. The predicted molar refractivity (Wildman–Crippen MR) is 74.4 cm³/mol. The maximum atomic E-state index is 5.33. The summed E-state index contributed by atoms with van der Waals surface area (Å²) in [7, 11) is 1.65. The largest absolute Gasteiger partial charge is 0.495 e. The lowest BCUT2D eigenvalue weighted by Gasteiger charge is -2.10. The third-order valence-electron chi connectivity index (χ3n) is 2.29. The average molecular weight is 361 g/mol. The molecule has 0 aliphatic carbocycles. The van der Waals surface area contributed by atoms with Crippen LogP contribution in [-0.4, -0.2) is 7.11 Å². The Bertz CT molecular complexity index is 511. The Labute approximate surface area is 116 Å². The zero-order chi connectivity index (χ0) is 12.3. The van der Waals surface area contributed by atoms with Gasteiger partial charge in [-0.25, -0.2) is 0 Å². The maximum absolute atomic E-state index is 5.33. The highest BCUT2D eigenvalue weighted by Crippen LogP contribution is 2.29. The molecule has 0 saturated heterocycles. The molecule has 1 aromatic heterocycles. The van der Waals surface area contributed by atoms with Gasteiger partial charge in [0.15, 0.2) is 0 Å². The molecule has 2 rings (SSSR count). The predicted octanol–water partition coefficient (Wildman–Crippen LogP) is 4.43. The number of benzene rings is 1. The number of ether oxygens (including phenoxy) is 1. The van der Waals surface area contributed by atoms with Crippen molar-refractivity contribution in [3.63, 3.8) is 0 Å². The van der Waals surface area contributed by atoms with Crippen molar-refractivity contribution in [1.82, 2.24) is 0 Å². The van der Waals surface area contributed by atoms with Crippen LogP contribution in [0.1, 0.15) is 5.76 Å². The number of nitrogens with one attached hydrogen (secondary N) is 1. The third kappa shape index (κ3) is 3.04. The Kier molecular flexibility index (Phi) is 4.12. The molecule has 0 atom stereocenters. The molecule has 17 heavy (non-hydrogen) atoms. The second-order valence-corrected chi connectivity index (χ2v) is 5.16. The van der Waals surface area contributed by atoms with Crippen molar-refractivity contribution in [3.05, 3.63) is 45.2 Å². The minimum atomic E-state index is 0.598. The topological polar surface area (TPSA) is 34.4 Å². The molecule has 0 saturated carbocycles. The van der Waals surface area contributed by atoms with E-state index >= 15 is 0 Å². The average Bonchev–Trinajstić information content (AvgIpc) is 2.72. The molecular formula is C12H11Br2NO2. The van der Waals surface area contributed by atoms with Crippen LogP contribution in [0.2, 0.25) is 0 Å². The van der Waals surface area contributed by atoms with Crippen molar-refractivity contribution in [1.29, 1.82) is 0 Å². The molecular weight excluding hydrogens is 350 g/mol. The van der Waals surface area contributed by atoms with Gasteiger partial charge in [-0.1, -0.05) is 15.9 Å². The van der Waals surface area contributed by atoms with E-state index in [1.807, 2.05) is 24.3 Å². The molecule has 1 N–H and O–H groups in total. The van der Waals surface area contributed by atoms with Crippen molar-refractivity contribution in [3.8, 4) is 5.75 Å². The van der Waals surface area contributed by atoms with Crippen LogP contribution in [-0.2, 0) is 6.54 Å². The van der Waals surface area contributed by atoms with Crippen molar-refractivity contribution >= 4 is 37.5 Å². The molecule has 0 fully saturated rings. The summed E-state index contributed by atoms with van der Waals surface area (Å²) in [5.74, 6) is 1.66. The molecule has 5 heteroatoms. The fourth-order valence-electron chi connectivity index (χ4n) is 1.45. The summed E-state index contributed by atoms with van der Waals surface area (Å²) in [5, 5.41) is 3.27. The summed E-state index contributed by atoms with van der Waals surface area (Å²) < 4.78 is 12.6. The van der Waals surface area contributed by atoms with E-state index in [4.69, 9.17) is 9.15 Å². The van der Waals surface area contributed by atoms with Crippen LogP contribution in [0.3, 0.4) is 0 Å². The molecule has 90 valence electrons. The van der Waals surface area contributed by atoms with Gasteiger partial charge in [0.25, 0.3) is 0 Å². The summed E-state index contributed by atoms with van der Waals surface area (Å²) in [6.07, 6.45) is 1.65. The minimum Gasteiger partial charge on any atom is -0.495 e. The first kappa shape index (κ1) is 12.5. The van der Waals surface area contributed by atoms with Crippen LogP contribution in [0.4, 0.5) is 5.69 Å². The highest BCUT2D eigenvalue weighted by Gasteiger charge is 2.06. The van der Waals surface area contributed by atoms with E-state index in [0.717, 1.165) is 26.1 Å². The van der Waals surface area contributed by atoms with Gasteiger partial charge in [-0.3, -0.25) is 0 Å². The van der Waals surface area contributed by atoms with E-state index in [9.17, 15) is 0 Å². The summed E-state index contributed by atoms with van der Waals surface area (Å²) in [6.45, 7) is 0.598. The summed E-state index contributed by atoms with van der Waals surface area (Å²) in [5.41, 5.74) is 0.921. The lowest BCUT2D eigenvalue weighted by molar-refractivity contribution is 0.416. The zero-order valence-electron chi connectivity index (χ0n) is 9.17. The van der Waals surface area contributed by atoms with Crippen molar-refractivity contribution in [2.45, 2.75) is 6.54 Å². The molecule has 1 heterocycles. The Hall–Kier alpha value is -0.940. The standard InChI is InChI=1S/C12H11Br2NO2/c1-16-11-3-2-8(13)6-10(11)15-7-12-9(14)4-5-17-12/h2-6,15H,7H2,1H3. The summed E-state index contributed by atoms with van der Waals surface area (Å²) in [6, 6.07) is 7.68. The van der Waals surface area contributed by atoms with E-state index in [-0.39, 0.29) is 0 Å². The van der Waals surface area contributed by atoms with Gasteiger partial charge in [-0.15, -0.1) is 0 Å². The van der Waals surface area contributed by atoms with Gasteiger partial charge in [0, 0.05) is 4.47 Å². The van der Waals surface area contributed by atoms with E-state index in [2.05, 4.69) is 37.2 Å². The highest BCUT2D eigenvalue weighted by molar-refractivity contribution is 9.10. The Balaban J connectivity index is 2.13. The van der Waals surface area contributed by atoms with Crippen LogP contribution >= 0.6 is 31.9 Å². The Morgan fingerprint density at radius 1 is 1.29 bits per heavy atom. The van der Waals surface area contributed by atoms with Gasteiger partial charge in [-0.05, 0) is 40.2 Å². The fraction of sp³-hybridized carbons (Fsp3) is 0.167. The van der Waals surface area contributed by atoms with Gasteiger partial charge in [0.05, 0.1) is 30.1 Å². The van der Waals surface area contributed by atoms with Gasteiger partial charge in [-0.2, -0.15) is 0 Å². The molecule has 0 aliphatic heterocycles. The van der Waals surface area contributed by atoms with E-state index < -0.39 is 0 Å². The van der Waals surface area contributed by atoms with Crippen LogP contribution in [0.15, 0.2) is 43.9 Å². The molecule has 2 aromatic rings. The fourth-order valence-corrected chi connectivity index (χ4v) is 2.15. The second-order valence-electron chi connectivity index (χ2n) is 3.39. The van der Waals surface area contributed by atoms with Crippen molar-refractivity contribution < 1.29 is 9.15 Å². The third-order valence-corrected chi connectivity index (χ3v) is 3.49.